The van der Waals surface area contributed by atoms with E-state index >= 15 is 0 Å². The summed E-state index contributed by atoms with van der Waals surface area (Å²) < 4.78 is 34.1. The van der Waals surface area contributed by atoms with Crippen LogP contribution in [-0.4, -0.2) is 35.9 Å². The zero-order valence-corrected chi connectivity index (χ0v) is 17.3. The molecule has 0 radical (unpaired) electrons. The fourth-order valence-electron chi connectivity index (χ4n) is 3.87. The summed E-state index contributed by atoms with van der Waals surface area (Å²) in [6.07, 6.45) is 1.92. The molecule has 0 N–H and O–H groups in total. The Hall–Kier alpha value is -3.26. The summed E-state index contributed by atoms with van der Waals surface area (Å²) in [6.45, 7) is 0.753. The summed E-state index contributed by atoms with van der Waals surface area (Å²) in [5.74, 6) is -2.17. The summed E-state index contributed by atoms with van der Waals surface area (Å²) in [6, 6.07) is 10.2. The van der Waals surface area contributed by atoms with E-state index in [0.717, 1.165) is 4.68 Å². The highest BCUT2D eigenvalue weighted by atomic mass is 35.5. The van der Waals surface area contributed by atoms with Crippen molar-refractivity contribution >= 4 is 23.3 Å². The van der Waals surface area contributed by atoms with Crippen LogP contribution in [0.15, 0.2) is 53.5 Å². The highest BCUT2D eigenvalue weighted by Crippen LogP contribution is 2.35. The maximum atomic E-state index is 14.2. The molecule has 4 rings (SSSR count). The van der Waals surface area contributed by atoms with Gasteiger partial charge in [-0.1, -0.05) is 29.8 Å². The van der Waals surface area contributed by atoms with Gasteiger partial charge in [0.2, 0.25) is 0 Å². The zero-order chi connectivity index (χ0) is 22.1. The number of hydrogen-bond acceptors (Lipinski definition) is 5. The number of ether oxygens (including phenoxy) is 1. The van der Waals surface area contributed by atoms with Gasteiger partial charge in [-0.2, -0.15) is 9.78 Å². The van der Waals surface area contributed by atoms with Crippen molar-refractivity contribution < 1.29 is 18.3 Å². The maximum absolute atomic E-state index is 14.2. The molecule has 1 saturated heterocycles. The number of nitrogens with zero attached hydrogens (tertiary/aromatic N) is 3. The van der Waals surface area contributed by atoms with Gasteiger partial charge < -0.3 is 9.64 Å². The number of aromatic nitrogens is 2. The quantitative estimate of drug-likeness (QED) is 0.569. The van der Waals surface area contributed by atoms with Crippen molar-refractivity contribution in [1.29, 1.82) is 0 Å². The molecule has 9 heteroatoms. The Morgan fingerprint density at radius 2 is 1.84 bits per heavy atom. The molecule has 160 valence electrons. The SMILES string of the molecule is COC(=O)c1ccccc1-n1ncc(N2CCC(c3c(F)cccc3F)C2)c(Cl)c1=O. The Labute approximate surface area is 181 Å². The third-order valence-electron chi connectivity index (χ3n) is 5.37. The number of halogens is 3. The standard InChI is InChI=1S/C22H18ClF2N3O3/c1-31-22(30)14-5-2-3-8-17(14)28-21(29)20(23)18(11-26-28)27-10-9-13(12-27)19-15(24)6-4-7-16(19)25/h2-8,11,13H,9-10,12H2,1H3. The van der Waals surface area contributed by atoms with Crippen LogP contribution in [0, 0.1) is 11.6 Å². The van der Waals surface area contributed by atoms with Crippen LogP contribution in [0.5, 0.6) is 0 Å². The summed E-state index contributed by atoms with van der Waals surface area (Å²) >= 11 is 6.37. The zero-order valence-electron chi connectivity index (χ0n) is 16.5. The van der Waals surface area contributed by atoms with Crippen LogP contribution in [0.25, 0.3) is 5.69 Å². The van der Waals surface area contributed by atoms with Crippen LogP contribution < -0.4 is 10.5 Å². The highest BCUT2D eigenvalue weighted by Gasteiger charge is 2.30. The molecule has 1 aliphatic heterocycles. The Kier molecular flexibility index (Phi) is 5.73. The van der Waals surface area contributed by atoms with Crippen LogP contribution in [0.3, 0.4) is 0 Å². The van der Waals surface area contributed by atoms with E-state index in [4.69, 9.17) is 16.3 Å². The molecule has 2 heterocycles. The molecular weight excluding hydrogens is 428 g/mol. The summed E-state index contributed by atoms with van der Waals surface area (Å²) in [4.78, 5) is 26.8. The number of carbonyl (C=O) groups is 1. The third kappa shape index (κ3) is 3.79. The van der Waals surface area contributed by atoms with Gasteiger partial charge in [0, 0.05) is 24.6 Å². The number of hydrogen-bond donors (Lipinski definition) is 0. The van der Waals surface area contributed by atoms with Crippen molar-refractivity contribution in [2.45, 2.75) is 12.3 Å². The minimum absolute atomic E-state index is 0.0365. The van der Waals surface area contributed by atoms with E-state index in [9.17, 15) is 18.4 Å². The van der Waals surface area contributed by atoms with E-state index in [1.54, 1.807) is 23.1 Å². The van der Waals surface area contributed by atoms with E-state index in [1.807, 2.05) is 0 Å². The minimum atomic E-state index is -0.615. The fraction of sp³-hybridized carbons (Fsp3) is 0.227. The van der Waals surface area contributed by atoms with Gasteiger partial charge >= 0.3 is 5.97 Å². The molecule has 6 nitrogen and oxygen atoms in total. The topological polar surface area (TPSA) is 64.4 Å². The van der Waals surface area contributed by atoms with Gasteiger partial charge in [-0.05, 0) is 30.7 Å². The van der Waals surface area contributed by atoms with Gasteiger partial charge in [-0.15, -0.1) is 0 Å². The van der Waals surface area contributed by atoms with Gasteiger partial charge in [-0.3, -0.25) is 4.79 Å². The lowest BCUT2D eigenvalue weighted by Crippen LogP contribution is -2.28. The lowest BCUT2D eigenvalue weighted by atomic mass is 9.97. The third-order valence-corrected chi connectivity index (χ3v) is 5.73. The van der Waals surface area contributed by atoms with Gasteiger partial charge in [0.05, 0.1) is 30.2 Å². The first-order chi connectivity index (χ1) is 14.9. The molecule has 0 bridgehead atoms. The Bertz CT molecular complexity index is 1190. The van der Waals surface area contributed by atoms with Crippen LogP contribution in [-0.2, 0) is 4.74 Å². The molecule has 1 aliphatic rings. The van der Waals surface area contributed by atoms with Crippen LogP contribution in [0.2, 0.25) is 5.02 Å². The van der Waals surface area contributed by atoms with Gasteiger partial charge in [0.25, 0.3) is 5.56 Å². The first kappa shape index (κ1) is 21.0. The van der Waals surface area contributed by atoms with Crippen LogP contribution in [0.1, 0.15) is 28.3 Å². The van der Waals surface area contributed by atoms with E-state index in [1.165, 1.54) is 37.6 Å². The van der Waals surface area contributed by atoms with Crippen LogP contribution >= 0.6 is 11.6 Å². The van der Waals surface area contributed by atoms with Gasteiger partial charge in [0.1, 0.15) is 16.7 Å². The smallest absolute Gasteiger partial charge is 0.340 e. The van der Waals surface area contributed by atoms with Crippen molar-refractivity contribution in [1.82, 2.24) is 9.78 Å². The molecular formula is C22H18ClF2N3O3. The molecule has 2 aromatic carbocycles. The van der Waals surface area contributed by atoms with Crippen molar-refractivity contribution in [3.8, 4) is 5.69 Å². The molecule has 0 aliphatic carbocycles. The van der Waals surface area contributed by atoms with Gasteiger partial charge in [-0.25, -0.2) is 13.6 Å². The Balaban J connectivity index is 1.67. The predicted molar refractivity (Wildman–Crippen MR) is 112 cm³/mol. The molecule has 1 fully saturated rings. The number of carbonyl (C=O) groups excluding carboxylic acids is 1. The second-order valence-corrected chi connectivity index (χ2v) is 7.51. The monoisotopic (exact) mass is 445 g/mol. The van der Waals surface area contributed by atoms with E-state index < -0.39 is 23.2 Å². The van der Waals surface area contributed by atoms with E-state index in [0.29, 0.717) is 25.2 Å². The lowest BCUT2D eigenvalue weighted by Gasteiger charge is -2.20. The summed E-state index contributed by atoms with van der Waals surface area (Å²) in [5.41, 5.74) is 0.198. The van der Waals surface area contributed by atoms with Gasteiger partial charge in [0.15, 0.2) is 0 Å². The molecule has 1 aromatic heterocycles. The van der Waals surface area contributed by atoms with Crippen molar-refractivity contribution in [2.75, 3.05) is 25.1 Å². The molecule has 1 unspecified atom stereocenters. The molecule has 0 amide bonds. The first-order valence-electron chi connectivity index (χ1n) is 9.56. The van der Waals surface area contributed by atoms with Crippen molar-refractivity contribution in [3.05, 3.63) is 86.8 Å². The van der Waals surface area contributed by atoms with Crippen molar-refractivity contribution in [2.24, 2.45) is 0 Å². The molecule has 0 saturated carbocycles. The highest BCUT2D eigenvalue weighted by molar-refractivity contribution is 6.33. The van der Waals surface area contributed by atoms with E-state index in [-0.39, 0.29) is 27.8 Å². The second kappa shape index (κ2) is 8.47. The molecule has 1 atom stereocenters. The van der Waals surface area contributed by atoms with Crippen molar-refractivity contribution in [3.63, 3.8) is 0 Å². The number of esters is 1. The Morgan fingerprint density at radius 3 is 2.55 bits per heavy atom. The van der Waals surface area contributed by atoms with E-state index in [2.05, 4.69) is 5.10 Å². The first-order valence-corrected chi connectivity index (χ1v) is 9.94. The number of methoxy groups -OCH3 is 1. The summed E-state index contributed by atoms with van der Waals surface area (Å²) in [5, 5.41) is 4.09. The van der Waals surface area contributed by atoms with Crippen LogP contribution in [0.4, 0.5) is 14.5 Å². The molecule has 3 aromatic rings. The Morgan fingerprint density at radius 1 is 1.13 bits per heavy atom. The number of anilines is 1. The number of rotatable bonds is 4. The average Bonchev–Trinajstić information content (AvgIpc) is 3.24. The second-order valence-electron chi connectivity index (χ2n) is 7.14. The maximum Gasteiger partial charge on any atom is 0.340 e. The largest absolute Gasteiger partial charge is 0.465 e. The minimum Gasteiger partial charge on any atom is -0.465 e. The number of benzene rings is 2. The molecule has 0 spiro atoms. The molecule has 31 heavy (non-hydrogen) atoms. The normalized spacial score (nSPS) is 15.9. The summed E-state index contributed by atoms with van der Waals surface area (Å²) in [7, 11) is 1.24. The average molecular weight is 446 g/mol. The lowest BCUT2D eigenvalue weighted by molar-refractivity contribution is 0.0600. The predicted octanol–water partition coefficient (Wildman–Crippen LogP) is 3.94. The number of para-hydroxylation sites is 1. The fourth-order valence-corrected chi connectivity index (χ4v) is 4.12.